The van der Waals surface area contributed by atoms with E-state index in [-0.39, 0.29) is 30.8 Å². The van der Waals surface area contributed by atoms with Crippen LogP contribution in [-0.4, -0.2) is 58.1 Å². The number of carbonyl (C=O) groups excluding carboxylic acids is 2. The van der Waals surface area contributed by atoms with Crippen molar-refractivity contribution in [1.82, 2.24) is 15.2 Å². The average Bonchev–Trinajstić information content (AvgIpc) is 3.20. The number of aromatic nitrogens is 1. The largest absolute Gasteiger partial charge is 0.474 e. The molecule has 0 spiro atoms. The zero-order valence-electron chi connectivity index (χ0n) is 20.2. The lowest BCUT2D eigenvalue weighted by molar-refractivity contribution is -0.190. The lowest BCUT2D eigenvalue weighted by Gasteiger charge is -2.27. The molecule has 0 bridgehead atoms. The van der Waals surface area contributed by atoms with Crippen LogP contribution in [0.1, 0.15) is 26.3 Å². The first-order chi connectivity index (χ1) is 17.2. The number of rotatable bonds is 7. The summed E-state index contributed by atoms with van der Waals surface area (Å²) in [5, 5.41) is 11.6. The van der Waals surface area contributed by atoms with Gasteiger partial charge in [-0.15, -0.1) is 0 Å². The van der Waals surface area contributed by atoms with Crippen molar-refractivity contribution < 1.29 is 41.8 Å². The van der Waals surface area contributed by atoms with Crippen molar-refractivity contribution in [3.8, 4) is 17.1 Å². The maximum absolute atomic E-state index is 13.4. The van der Waals surface area contributed by atoms with Gasteiger partial charge < -0.3 is 20.1 Å². The molecular weight excluding hydrogens is 498 g/mol. The van der Waals surface area contributed by atoms with Crippen LogP contribution >= 0.6 is 0 Å². The highest BCUT2D eigenvalue weighted by atomic mass is 19.4. The lowest BCUT2D eigenvalue weighted by atomic mass is 9.93. The third-order valence-corrected chi connectivity index (χ3v) is 6.75. The number of ether oxygens (including phenoxy) is 1. The normalized spacial score (nSPS) is 21.7. The van der Waals surface area contributed by atoms with E-state index in [2.05, 4.69) is 10.3 Å². The summed E-state index contributed by atoms with van der Waals surface area (Å²) < 4.78 is 59.0. The molecule has 1 aromatic heterocycles. The number of benzene rings is 1. The van der Waals surface area contributed by atoms with Crippen LogP contribution in [0.15, 0.2) is 36.4 Å². The van der Waals surface area contributed by atoms with Crippen LogP contribution in [0.2, 0.25) is 0 Å². The van der Waals surface area contributed by atoms with Gasteiger partial charge in [0.25, 0.3) is 0 Å². The summed E-state index contributed by atoms with van der Waals surface area (Å²) in [4.78, 5) is 40.7. The zero-order valence-corrected chi connectivity index (χ0v) is 20.2. The minimum atomic E-state index is -4.95. The van der Waals surface area contributed by atoms with E-state index >= 15 is 0 Å². The van der Waals surface area contributed by atoms with Crippen LogP contribution < -0.4 is 10.1 Å². The molecule has 1 aromatic carbocycles. The van der Waals surface area contributed by atoms with E-state index in [4.69, 9.17) is 4.74 Å². The van der Waals surface area contributed by atoms with Crippen molar-refractivity contribution in [2.75, 3.05) is 13.1 Å². The van der Waals surface area contributed by atoms with E-state index in [9.17, 15) is 37.1 Å². The van der Waals surface area contributed by atoms with E-state index in [1.807, 2.05) is 0 Å². The van der Waals surface area contributed by atoms with Crippen molar-refractivity contribution >= 4 is 17.8 Å². The Labute approximate surface area is 209 Å². The van der Waals surface area contributed by atoms with Crippen molar-refractivity contribution in [3.63, 3.8) is 0 Å². The van der Waals surface area contributed by atoms with Gasteiger partial charge >= 0.3 is 12.3 Å². The number of piperidine rings is 1. The fourth-order valence-electron chi connectivity index (χ4n) is 4.73. The summed E-state index contributed by atoms with van der Waals surface area (Å²) in [5.41, 5.74) is 0.458. The second-order valence-electron chi connectivity index (χ2n) is 9.88. The molecule has 4 rings (SSSR count). The number of likely N-dealkylation sites (tertiary alicyclic amines) is 1. The molecule has 2 aliphatic rings. The molecule has 12 heteroatoms. The molecule has 1 saturated heterocycles. The van der Waals surface area contributed by atoms with Gasteiger partial charge in [0.05, 0.1) is 11.2 Å². The van der Waals surface area contributed by atoms with Gasteiger partial charge in [0.15, 0.2) is 11.7 Å². The Morgan fingerprint density at radius 3 is 2.22 bits per heavy atom. The van der Waals surface area contributed by atoms with Gasteiger partial charge in [-0.3, -0.25) is 9.59 Å². The fraction of sp³-hybridized carbons (Fsp3) is 0.440. The van der Waals surface area contributed by atoms with Gasteiger partial charge in [-0.1, -0.05) is 0 Å². The Hall–Kier alpha value is -3.70. The molecule has 0 radical (unpaired) electrons. The summed E-state index contributed by atoms with van der Waals surface area (Å²) >= 11 is 0. The van der Waals surface area contributed by atoms with Crippen LogP contribution in [0, 0.1) is 23.6 Å². The van der Waals surface area contributed by atoms with Crippen molar-refractivity contribution in [3.05, 3.63) is 47.8 Å². The number of hydrogen-bond donors (Lipinski definition) is 2. The molecule has 8 nitrogen and oxygen atoms in total. The second kappa shape index (κ2) is 9.31. The maximum Gasteiger partial charge on any atom is 0.407 e. The predicted octanol–water partition coefficient (Wildman–Crippen LogP) is 3.99. The van der Waals surface area contributed by atoms with Gasteiger partial charge in [-0.05, 0) is 56.7 Å². The number of carboxylic acid groups (broad SMARTS) is 1. The molecule has 1 aliphatic heterocycles. The quantitative estimate of drug-likeness (QED) is 0.420. The van der Waals surface area contributed by atoms with Crippen molar-refractivity contribution in [2.45, 2.75) is 38.6 Å². The Balaban J connectivity index is 1.53. The summed E-state index contributed by atoms with van der Waals surface area (Å²) in [5.74, 6) is -5.92. The van der Waals surface area contributed by atoms with E-state index in [1.165, 1.54) is 24.3 Å². The topological polar surface area (TPSA) is 109 Å². The molecule has 4 atom stereocenters. The van der Waals surface area contributed by atoms with E-state index in [0.29, 0.717) is 16.8 Å². The SMILES string of the molecule is CC(=O)C(C(=O)N1C[C@@H]2C(Oc3cc(C(C)(C)NC(=O)O)cc(-c4ccc(F)cc4)n3)[C@@H]2C1)C(F)(F)F. The third kappa shape index (κ3) is 5.52. The first-order valence-corrected chi connectivity index (χ1v) is 11.5. The average molecular weight is 523 g/mol. The summed E-state index contributed by atoms with van der Waals surface area (Å²) in [7, 11) is 0. The van der Waals surface area contributed by atoms with Crippen LogP contribution in [0.3, 0.4) is 0 Å². The molecular formula is C25H25F4N3O5. The summed E-state index contributed by atoms with van der Waals surface area (Å²) in [6, 6.07) is 8.78. The van der Waals surface area contributed by atoms with Gasteiger partial charge in [-0.2, -0.15) is 13.2 Å². The molecule has 1 aliphatic carbocycles. The number of halogens is 4. The maximum atomic E-state index is 13.4. The van der Waals surface area contributed by atoms with E-state index in [0.717, 1.165) is 11.8 Å². The summed E-state index contributed by atoms with van der Waals surface area (Å²) in [6.07, 6.45) is -6.61. The van der Waals surface area contributed by atoms with Gasteiger partial charge in [0, 0.05) is 36.6 Å². The summed E-state index contributed by atoms with van der Waals surface area (Å²) in [6.45, 7) is 4.08. The first-order valence-electron chi connectivity index (χ1n) is 11.5. The van der Waals surface area contributed by atoms with Crippen LogP contribution in [0.5, 0.6) is 5.88 Å². The minimum Gasteiger partial charge on any atom is -0.474 e. The molecule has 37 heavy (non-hydrogen) atoms. The molecule has 1 saturated carbocycles. The molecule has 2 aromatic rings. The number of nitrogens with one attached hydrogen (secondary N) is 1. The fourth-order valence-corrected chi connectivity index (χ4v) is 4.73. The molecule has 198 valence electrons. The number of pyridine rings is 1. The van der Waals surface area contributed by atoms with Crippen LogP contribution in [0.4, 0.5) is 22.4 Å². The highest BCUT2D eigenvalue weighted by Crippen LogP contribution is 2.49. The number of nitrogens with zero attached hydrogens (tertiary/aromatic N) is 2. The Bertz CT molecular complexity index is 1220. The predicted molar refractivity (Wildman–Crippen MR) is 122 cm³/mol. The number of carbonyl (C=O) groups is 3. The number of alkyl halides is 3. The number of Topliss-reactive ketones (excluding diaryl/α,β-unsaturated/α-hetero) is 1. The number of amides is 2. The van der Waals surface area contributed by atoms with Crippen LogP contribution in [-0.2, 0) is 15.1 Å². The second-order valence-corrected chi connectivity index (χ2v) is 9.88. The molecule has 2 unspecified atom stereocenters. The number of fused-ring (bicyclic) bond motifs is 1. The third-order valence-electron chi connectivity index (χ3n) is 6.75. The van der Waals surface area contributed by atoms with Crippen molar-refractivity contribution in [2.24, 2.45) is 17.8 Å². The van der Waals surface area contributed by atoms with Gasteiger partial charge in [0.1, 0.15) is 11.9 Å². The van der Waals surface area contributed by atoms with E-state index < -0.39 is 47.3 Å². The first kappa shape index (κ1) is 26.4. The molecule has 2 fully saturated rings. The highest BCUT2D eigenvalue weighted by molar-refractivity contribution is 6.01. The standard InChI is InChI=1S/C25H25F4N3O5/c1-12(33)20(25(27,28)29)22(34)32-10-16-17(11-32)21(16)37-19-9-14(24(2,3)31-23(35)36)8-18(30-19)13-4-6-15(26)7-5-13/h4-9,16-17,20-21,31H,10-11H2,1-3H3,(H,35,36)/t16-,17+,20?,21?. The Morgan fingerprint density at radius 2 is 1.70 bits per heavy atom. The van der Waals surface area contributed by atoms with Crippen LogP contribution in [0.25, 0.3) is 11.3 Å². The molecule has 2 amide bonds. The Kier molecular flexibility index (Phi) is 6.63. The lowest BCUT2D eigenvalue weighted by Crippen LogP contribution is -2.46. The zero-order chi connectivity index (χ0) is 27.3. The van der Waals surface area contributed by atoms with Gasteiger partial charge in [-0.25, -0.2) is 14.2 Å². The molecule has 2 heterocycles. The monoisotopic (exact) mass is 523 g/mol. The van der Waals surface area contributed by atoms with Gasteiger partial charge in [0.2, 0.25) is 11.8 Å². The molecule has 2 N–H and O–H groups in total. The minimum absolute atomic E-state index is 0.0185. The smallest absolute Gasteiger partial charge is 0.407 e. The number of hydrogen-bond acceptors (Lipinski definition) is 5. The number of ketones is 1. The van der Waals surface area contributed by atoms with Crippen molar-refractivity contribution in [1.29, 1.82) is 0 Å². The van der Waals surface area contributed by atoms with E-state index in [1.54, 1.807) is 26.0 Å². The highest BCUT2D eigenvalue weighted by Gasteiger charge is 2.61. The Morgan fingerprint density at radius 1 is 1.11 bits per heavy atom.